The zero-order valence-corrected chi connectivity index (χ0v) is 11.3. The molecule has 0 spiro atoms. The molecule has 1 saturated heterocycles. The van der Waals surface area contributed by atoms with E-state index >= 15 is 0 Å². The Hall–Kier alpha value is -0.0800. The van der Waals surface area contributed by atoms with Crippen molar-refractivity contribution in [3.63, 3.8) is 0 Å². The molecule has 0 aromatic carbocycles. The third kappa shape index (κ3) is 4.97. The molecule has 0 aromatic heterocycles. The Bertz CT molecular complexity index is 175. The van der Waals surface area contributed by atoms with Crippen molar-refractivity contribution in [2.24, 2.45) is 0 Å². The second-order valence-electron chi connectivity index (χ2n) is 5.73. The van der Waals surface area contributed by atoms with Crippen LogP contribution in [0.2, 0.25) is 0 Å². The van der Waals surface area contributed by atoms with E-state index in [-0.39, 0.29) is 0 Å². The van der Waals surface area contributed by atoms with Crippen LogP contribution in [-0.4, -0.2) is 25.3 Å². The molecule has 0 radical (unpaired) electrons. The lowest BCUT2D eigenvalue weighted by Gasteiger charge is -2.26. The van der Waals surface area contributed by atoms with Crippen molar-refractivity contribution in [3.05, 3.63) is 0 Å². The van der Waals surface area contributed by atoms with Crippen LogP contribution in [0.5, 0.6) is 0 Å². The molecule has 2 fully saturated rings. The van der Waals surface area contributed by atoms with Crippen molar-refractivity contribution in [1.82, 2.24) is 5.32 Å². The average Bonchev–Trinajstić information content (AvgIpc) is 2.55. The van der Waals surface area contributed by atoms with Crippen LogP contribution in [0.4, 0.5) is 0 Å². The van der Waals surface area contributed by atoms with Crippen LogP contribution in [-0.2, 0) is 4.74 Å². The van der Waals surface area contributed by atoms with E-state index in [9.17, 15) is 0 Å². The van der Waals surface area contributed by atoms with Gasteiger partial charge in [-0.05, 0) is 25.8 Å². The lowest BCUT2D eigenvalue weighted by molar-refractivity contribution is 0.0324. The molecule has 1 N–H and O–H groups in total. The fraction of sp³-hybridized carbons (Fsp3) is 1.00. The molecule has 1 aliphatic heterocycles. The summed E-state index contributed by atoms with van der Waals surface area (Å²) in [5.74, 6) is 0. The summed E-state index contributed by atoms with van der Waals surface area (Å²) in [4.78, 5) is 0. The predicted octanol–water partition coefficient (Wildman–Crippen LogP) is 3.65. The van der Waals surface area contributed by atoms with Crippen LogP contribution < -0.4 is 5.32 Å². The minimum Gasteiger partial charge on any atom is -0.377 e. The molecule has 0 aromatic rings. The molecule has 0 amide bonds. The van der Waals surface area contributed by atoms with Gasteiger partial charge in [0.05, 0.1) is 6.10 Å². The summed E-state index contributed by atoms with van der Waals surface area (Å²) in [5.41, 5.74) is 0. The Kier molecular flexibility index (Phi) is 6.36. The smallest absolute Gasteiger partial charge is 0.0728 e. The number of hydrogen-bond donors (Lipinski definition) is 1. The second kappa shape index (κ2) is 8.10. The third-order valence-corrected chi connectivity index (χ3v) is 4.26. The molecule has 2 heteroatoms. The number of nitrogens with one attached hydrogen (secondary N) is 1. The average molecular weight is 239 g/mol. The maximum Gasteiger partial charge on any atom is 0.0728 e. The van der Waals surface area contributed by atoms with E-state index in [0.717, 1.165) is 13.2 Å². The summed E-state index contributed by atoms with van der Waals surface area (Å²) in [7, 11) is 0. The van der Waals surface area contributed by atoms with Gasteiger partial charge in [0, 0.05) is 12.6 Å². The van der Waals surface area contributed by atoms with Crippen molar-refractivity contribution in [2.45, 2.75) is 82.8 Å². The van der Waals surface area contributed by atoms with Crippen molar-refractivity contribution in [1.29, 1.82) is 0 Å². The monoisotopic (exact) mass is 239 g/mol. The highest BCUT2D eigenvalue weighted by Gasteiger charge is 2.23. The Labute approximate surface area is 107 Å². The molecule has 2 atom stereocenters. The maximum atomic E-state index is 6.05. The number of rotatable bonds is 0. The molecule has 1 aliphatic carbocycles. The summed E-state index contributed by atoms with van der Waals surface area (Å²) in [6.45, 7) is 2.12. The summed E-state index contributed by atoms with van der Waals surface area (Å²) in [6.07, 6.45) is 15.7. The van der Waals surface area contributed by atoms with Crippen molar-refractivity contribution < 1.29 is 4.74 Å². The van der Waals surface area contributed by atoms with Gasteiger partial charge in [-0.2, -0.15) is 0 Å². The van der Waals surface area contributed by atoms with Gasteiger partial charge in [0.2, 0.25) is 0 Å². The van der Waals surface area contributed by atoms with E-state index in [2.05, 4.69) is 5.32 Å². The lowest BCUT2D eigenvalue weighted by Crippen LogP contribution is -2.39. The first-order valence-electron chi connectivity index (χ1n) is 7.82. The highest BCUT2D eigenvalue weighted by Crippen LogP contribution is 2.20. The molecule has 2 nitrogen and oxygen atoms in total. The van der Waals surface area contributed by atoms with Crippen LogP contribution in [0.25, 0.3) is 0 Å². The Balaban J connectivity index is 1.83. The van der Waals surface area contributed by atoms with Crippen molar-refractivity contribution in [2.75, 3.05) is 13.2 Å². The zero-order chi connectivity index (χ0) is 11.8. The molecule has 0 bridgehead atoms. The summed E-state index contributed by atoms with van der Waals surface area (Å²) < 4.78 is 6.05. The van der Waals surface area contributed by atoms with Gasteiger partial charge in [-0.15, -0.1) is 0 Å². The number of hydrogen-bond acceptors (Lipinski definition) is 2. The Morgan fingerprint density at radius 2 is 1.35 bits per heavy atom. The van der Waals surface area contributed by atoms with Crippen molar-refractivity contribution in [3.8, 4) is 0 Å². The quantitative estimate of drug-likeness (QED) is 0.696. The Morgan fingerprint density at radius 3 is 2.12 bits per heavy atom. The second-order valence-corrected chi connectivity index (χ2v) is 5.73. The van der Waals surface area contributed by atoms with Gasteiger partial charge in [0.1, 0.15) is 0 Å². The number of fused-ring (bicyclic) bond motifs is 1. The molecule has 2 aliphatic rings. The normalized spacial score (nSPS) is 33.9. The first kappa shape index (κ1) is 13.4. The van der Waals surface area contributed by atoms with Crippen LogP contribution in [0.15, 0.2) is 0 Å². The first-order chi connectivity index (χ1) is 8.47. The van der Waals surface area contributed by atoms with E-state index in [4.69, 9.17) is 4.74 Å². The van der Waals surface area contributed by atoms with Gasteiger partial charge in [0.25, 0.3) is 0 Å². The largest absolute Gasteiger partial charge is 0.377 e. The van der Waals surface area contributed by atoms with Crippen molar-refractivity contribution >= 4 is 0 Å². The van der Waals surface area contributed by atoms with E-state index < -0.39 is 0 Å². The topological polar surface area (TPSA) is 21.3 Å². The fourth-order valence-electron chi connectivity index (χ4n) is 3.18. The van der Waals surface area contributed by atoms with Crippen LogP contribution in [0.1, 0.15) is 70.6 Å². The van der Waals surface area contributed by atoms with Gasteiger partial charge in [-0.1, -0.05) is 51.4 Å². The summed E-state index contributed by atoms with van der Waals surface area (Å²) in [5, 5.41) is 3.71. The molecular formula is C15H29NO. The van der Waals surface area contributed by atoms with Gasteiger partial charge in [-0.25, -0.2) is 0 Å². The van der Waals surface area contributed by atoms with Crippen LogP contribution in [0, 0.1) is 0 Å². The van der Waals surface area contributed by atoms with E-state index in [1.54, 1.807) is 0 Å². The van der Waals surface area contributed by atoms with E-state index in [1.807, 2.05) is 0 Å². The summed E-state index contributed by atoms with van der Waals surface area (Å²) in [6, 6.07) is 0.636. The standard InChI is InChI=1S/C15H29NO/c1-2-4-6-8-11-15-14(10-7-5-3-1)16-12-9-13-17-15/h14-16H,1-13H2. The molecular weight excluding hydrogens is 210 g/mol. The van der Waals surface area contributed by atoms with E-state index in [0.29, 0.717) is 12.1 Å². The maximum absolute atomic E-state index is 6.05. The fourth-order valence-corrected chi connectivity index (χ4v) is 3.18. The van der Waals surface area contributed by atoms with Gasteiger partial charge < -0.3 is 10.1 Å². The minimum atomic E-state index is 0.497. The molecule has 2 rings (SSSR count). The predicted molar refractivity (Wildman–Crippen MR) is 72.3 cm³/mol. The molecule has 1 heterocycles. The zero-order valence-electron chi connectivity index (χ0n) is 11.3. The lowest BCUT2D eigenvalue weighted by atomic mass is 9.96. The highest BCUT2D eigenvalue weighted by atomic mass is 16.5. The SMILES string of the molecule is C1CCCCCC2OCCCNC2CCCC1. The molecule has 100 valence electrons. The van der Waals surface area contributed by atoms with E-state index in [1.165, 1.54) is 70.6 Å². The van der Waals surface area contributed by atoms with Gasteiger partial charge in [0.15, 0.2) is 0 Å². The van der Waals surface area contributed by atoms with Gasteiger partial charge >= 0.3 is 0 Å². The first-order valence-corrected chi connectivity index (χ1v) is 7.82. The third-order valence-electron chi connectivity index (χ3n) is 4.26. The molecule has 2 unspecified atom stereocenters. The molecule has 17 heavy (non-hydrogen) atoms. The minimum absolute atomic E-state index is 0.497. The molecule has 1 saturated carbocycles. The highest BCUT2D eigenvalue weighted by molar-refractivity contribution is 4.80. The summed E-state index contributed by atoms with van der Waals surface area (Å²) >= 11 is 0. The van der Waals surface area contributed by atoms with Gasteiger partial charge in [-0.3, -0.25) is 0 Å². The Morgan fingerprint density at radius 1 is 0.706 bits per heavy atom. The number of ether oxygens (including phenoxy) is 1. The van der Waals surface area contributed by atoms with Crippen LogP contribution in [0.3, 0.4) is 0 Å². The van der Waals surface area contributed by atoms with Crippen LogP contribution >= 0.6 is 0 Å².